The van der Waals surface area contributed by atoms with Crippen molar-refractivity contribution in [1.82, 2.24) is 0 Å². The molecule has 1 rings (SSSR count). The van der Waals surface area contributed by atoms with E-state index in [1.807, 2.05) is 0 Å². The molecule has 7 nitrogen and oxygen atoms in total. The molecule has 0 atom stereocenters. The van der Waals surface area contributed by atoms with E-state index < -0.39 is 10.9 Å². The third-order valence-electron chi connectivity index (χ3n) is 2.35. The number of allylic oxidation sites excluding steroid dienone is 1. The van der Waals surface area contributed by atoms with E-state index in [0.717, 1.165) is 0 Å². The third kappa shape index (κ3) is 4.27. The number of nitro groups is 1. The molecule has 1 aromatic rings. The number of esters is 1. The van der Waals surface area contributed by atoms with Gasteiger partial charge in [0, 0.05) is 23.9 Å². The van der Waals surface area contributed by atoms with Crippen LogP contribution in [0.3, 0.4) is 0 Å². The normalized spacial score (nSPS) is 10.8. The van der Waals surface area contributed by atoms with Crippen molar-refractivity contribution < 1.29 is 19.2 Å². The Morgan fingerprint density at radius 1 is 1.50 bits per heavy atom. The quantitative estimate of drug-likeness (QED) is 0.372. The van der Waals surface area contributed by atoms with Crippen molar-refractivity contribution in [3.63, 3.8) is 0 Å². The van der Waals surface area contributed by atoms with E-state index in [4.69, 9.17) is 9.47 Å². The average Bonchev–Trinajstić information content (AvgIpc) is 2.38. The summed E-state index contributed by atoms with van der Waals surface area (Å²) in [6.45, 7) is 3.63. The van der Waals surface area contributed by atoms with Gasteiger partial charge in [-0.15, -0.1) is 0 Å². The lowest BCUT2D eigenvalue weighted by Gasteiger charge is -2.11. The van der Waals surface area contributed by atoms with Crippen LogP contribution in [0.25, 0.3) is 0 Å². The highest BCUT2D eigenvalue weighted by Gasteiger charge is 2.11. The summed E-state index contributed by atoms with van der Waals surface area (Å²) >= 11 is 0. The molecule has 108 valence electrons. The summed E-state index contributed by atoms with van der Waals surface area (Å²) in [6.07, 6.45) is 1.27. The van der Waals surface area contributed by atoms with E-state index in [0.29, 0.717) is 17.1 Å². The van der Waals surface area contributed by atoms with Gasteiger partial charge in [0.25, 0.3) is 5.69 Å². The molecule has 0 bridgehead atoms. The number of nitrogens with zero attached hydrogens (tertiary/aromatic N) is 1. The van der Waals surface area contributed by atoms with Crippen LogP contribution in [0.2, 0.25) is 0 Å². The highest BCUT2D eigenvalue weighted by molar-refractivity contribution is 5.83. The van der Waals surface area contributed by atoms with Gasteiger partial charge in [-0.05, 0) is 19.9 Å². The number of ether oxygens (including phenoxy) is 2. The summed E-state index contributed by atoms with van der Waals surface area (Å²) in [4.78, 5) is 21.5. The lowest BCUT2D eigenvalue weighted by Crippen LogP contribution is -2.05. The number of rotatable bonds is 6. The standard InChI is InChI=1S/C13H16N2O5/c1-4-20-13(16)7-9(2)14-11-8-10(15(17)18)5-6-12(11)19-3/h5-8,14H,4H2,1-3H3. The minimum absolute atomic E-state index is 0.0720. The molecule has 0 saturated heterocycles. The first kappa shape index (κ1) is 15.5. The van der Waals surface area contributed by atoms with Crippen molar-refractivity contribution in [1.29, 1.82) is 0 Å². The fraction of sp³-hybridized carbons (Fsp3) is 0.308. The van der Waals surface area contributed by atoms with Crippen LogP contribution >= 0.6 is 0 Å². The Hall–Kier alpha value is -2.57. The number of nitrogens with one attached hydrogen (secondary N) is 1. The number of anilines is 1. The van der Waals surface area contributed by atoms with Crippen LogP contribution in [-0.4, -0.2) is 24.6 Å². The topological polar surface area (TPSA) is 90.7 Å². The van der Waals surface area contributed by atoms with Crippen LogP contribution in [0.5, 0.6) is 5.75 Å². The molecule has 7 heteroatoms. The maximum atomic E-state index is 11.3. The van der Waals surface area contributed by atoms with E-state index in [-0.39, 0.29) is 12.3 Å². The SMILES string of the molecule is CCOC(=O)C=C(C)Nc1cc([N+](=O)[O-])ccc1OC. The molecule has 20 heavy (non-hydrogen) atoms. The second-order valence-electron chi connectivity index (χ2n) is 3.85. The maximum absolute atomic E-state index is 11.3. The Balaban J connectivity index is 2.97. The Morgan fingerprint density at radius 3 is 2.75 bits per heavy atom. The predicted octanol–water partition coefficient (Wildman–Crippen LogP) is 2.48. The maximum Gasteiger partial charge on any atom is 0.332 e. The smallest absolute Gasteiger partial charge is 0.332 e. The molecule has 0 unspecified atom stereocenters. The summed E-state index contributed by atoms with van der Waals surface area (Å²) < 4.78 is 9.88. The van der Waals surface area contributed by atoms with Crippen molar-refractivity contribution in [3.05, 3.63) is 40.1 Å². The molecule has 0 aromatic heterocycles. The second-order valence-corrected chi connectivity index (χ2v) is 3.85. The fourth-order valence-corrected chi connectivity index (χ4v) is 1.52. The summed E-state index contributed by atoms with van der Waals surface area (Å²) in [5, 5.41) is 13.6. The van der Waals surface area contributed by atoms with Gasteiger partial charge in [-0.25, -0.2) is 4.79 Å². The highest BCUT2D eigenvalue weighted by atomic mass is 16.6. The number of non-ortho nitro benzene ring substituents is 1. The number of carbonyl (C=O) groups is 1. The number of hydrogen-bond donors (Lipinski definition) is 1. The van der Waals surface area contributed by atoms with Gasteiger partial charge in [-0.1, -0.05) is 0 Å². The summed E-state index contributed by atoms with van der Waals surface area (Å²) in [5.41, 5.74) is 0.819. The van der Waals surface area contributed by atoms with Crippen LogP contribution in [0.4, 0.5) is 11.4 Å². The zero-order valence-electron chi connectivity index (χ0n) is 11.5. The predicted molar refractivity (Wildman–Crippen MR) is 73.7 cm³/mol. The molecule has 0 spiro atoms. The van der Waals surface area contributed by atoms with E-state index in [2.05, 4.69) is 5.32 Å². The minimum Gasteiger partial charge on any atom is -0.495 e. The number of nitro benzene ring substituents is 1. The van der Waals surface area contributed by atoms with Gasteiger partial charge in [0.1, 0.15) is 5.75 Å². The highest BCUT2D eigenvalue weighted by Crippen LogP contribution is 2.29. The Kier molecular flexibility index (Phi) is 5.52. The number of hydrogen-bond acceptors (Lipinski definition) is 6. The van der Waals surface area contributed by atoms with Gasteiger partial charge >= 0.3 is 5.97 Å². The molecular weight excluding hydrogens is 264 g/mol. The van der Waals surface area contributed by atoms with Gasteiger partial charge in [-0.2, -0.15) is 0 Å². The van der Waals surface area contributed by atoms with E-state index in [1.165, 1.54) is 31.4 Å². The molecule has 0 fully saturated rings. The van der Waals surface area contributed by atoms with Crippen molar-refractivity contribution >= 4 is 17.3 Å². The molecule has 0 amide bonds. The molecule has 0 saturated carbocycles. The van der Waals surface area contributed by atoms with Gasteiger partial charge < -0.3 is 14.8 Å². The van der Waals surface area contributed by atoms with Crippen molar-refractivity contribution in [2.75, 3.05) is 19.0 Å². The first-order chi connectivity index (χ1) is 9.47. The minimum atomic E-state index is -0.505. The van der Waals surface area contributed by atoms with Crippen molar-refractivity contribution in [2.24, 2.45) is 0 Å². The Labute approximate surface area is 116 Å². The zero-order chi connectivity index (χ0) is 15.1. The van der Waals surface area contributed by atoms with Crippen LogP contribution in [0.1, 0.15) is 13.8 Å². The lowest BCUT2D eigenvalue weighted by atomic mass is 10.2. The molecule has 0 radical (unpaired) electrons. The lowest BCUT2D eigenvalue weighted by molar-refractivity contribution is -0.384. The Morgan fingerprint density at radius 2 is 2.20 bits per heavy atom. The number of methoxy groups -OCH3 is 1. The first-order valence-corrected chi connectivity index (χ1v) is 5.92. The van der Waals surface area contributed by atoms with Crippen LogP contribution in [0, 0.1) is 10.1 Å². The first-order valence-electron chi connectivity index (χ1n) is 5.92. The van der Waals surface area contributed by atoms with Crippen LogP contribution < -0.4 is 10.1 Å². The van der Waals surface area contributed by atoms with E-state index >= 15 is 0 Å². The van der Waals surface area contributed by atoms with E-state index in [9.17, 15) is 14.9 Å². The summed E-state index contributed by atoms with van der Waals surface area (Å²) in [5.74, 6) is -0.0471. The molecule has 0 aliphatic rings. The molecule has 0 heterocycles. The largest absolute Gasteiger partial charge is 0.495 e. The zero-order valence-corrected chi connectivity index (χ0v) is 11.5. The number of carbonyl (C=O) groups excluding carboxylic acids is 1. The van der Waals surface area contributed by atoms with Crippen LogP contribution in [-0.2, 0) is 9.53 Å². The van der Waals surface area contributed by atoms with Gasteiger partial charge in [0.15, 0.2) is 0 Å². The molecule has 0 aliphatic heterocycles. The molecule has 1 N–H and O–H groups in total. The van der Waals surface area contributed by atoms with E-state index in [1.54, 1.807) is 13.8 Å². The van der Waals surface area contributed by atoms with Gasteiger partial charge in [0.2, 0.25) is 0 Å². The summed E-state index contributed by atoms with van der Waals surface area (Å²) in [6, 6.07) is 4.16. The summed E-state index contributed by atoms with van der Waals surface area (Å²) in [7, 11) is 1.46. The molecule has 1 aromatic carbocycles. The van der Waals surface area contributed by atoms with Crippen LogP contribution in [0.15, 0.2) is 30.0 Å². The van der Waals surface area contributed by atoms with Gasteiger partial charge in [0.05, 0.1) is 24.3 Å². The molecular formula is C13H16N2O5. The number of benzene rings is 1. The fourth-order valence-electron chi connectivity index (χ4n) is 1.52. The van der Waals surface area contributed by atoms with Crippen molar-refractivity contribution in [2.45, 2.75) is 13.8 Å². The van der Waals surface area contributed by atoms with Crippen molar-refractivity contribution in [3.8, 4) is 5.75 Å². The average molecular weight is 280 g/mol. The Bertz CT molecular complexity index is 540. The molecule has 0 aliphatic carbocycles. The second kappa shape index (κ2) is 7.13. The monoisotopic (exact) mass is 280 g/mol. The third-order valence-corrected chi connectivity index (χ3v) is 2.35. The van der Waals surface area contributed by atoms with Gasteiger partial charge in [-0.3, -0.25) is 10.1 Å².